The summed E-state index contributed by atoms with van der Waals surface area (Å²) in [5.74, 6) is 1.54. The van der Waals surface area contributed by atoms with Crippen LogP contribution in [0.1, 0.15) is 12.8 Å². The van der Waals surface area contributed by atoms with Crippen molar-refractivity contribution in [3.63, 3.8) is 0 Å². The summed E-state index contributed by atoms with van der Waals surface area (Å²) in [5, 5.41) is 7.72. The lowest BCUT2D eigenvalue weighted by atomic mass is 10.1. The number of thiazole rings is 1. The summed E-state index contributed by atoms with van der Waals surface area (Å²) in [4.78, 5) is 13.3. The SMILES string of the molecule is Brc1cc(OC2CCNCC2)c2c(Nc3ccc4ncsc4c3)ncnc2c1. The minimum atomic E-state index is 0.195. The van der Waals surface area contributed by atoms with Crippen LogP contribution in [0.3, 0.4) is 0 Å². The van der Waals surface area contributed by atoms with Crippen molar-refractivity contribution in [3.05, 3.63) is 46.6 Å². The van der Waals surface area contributed by atoms with Gasteiger partial charge in [0.2, 0.25) is 0 Å². The Bertz CT molecular complexity index is 1140. The number of piperidine rings is 1. The molecule has 2 aromatic heterocycles. The van der Waals surface area contributed by atoms with E-state index in [0.29, 0.717) is 0 Å². The van der Waals surface area contributed by atoms with Gasteiger partial charge in [0, 0.05) is 10.2 Å². The molecule has 6 nitrogen and oxygen atoms in total. The van der Waals surface area contributed by atoms with Crippen LogP contribution < -0.4 is 15.4 Å². The number of ether oxygens (including phenoxy) is 1. The van der Waals surface area contributed by atoms with Gasteiger partial charge in [-0.2, -0.15) is 0 Å². The second-order valence-corrected chi connectivity index (χ2v) is 8.55. The molecular weight excluding hydrogens is 438 g/mol. The Morgan fingerprint density at radius 3 is 2.86 bits per heavy atom. The summed E-state index contributed by atoms with van der Waals surface area (Å²) < 4.78 is 8.47. The quantitative estimate of drug-likeness (QED) is 0.456. The number of hydrogen-bond donors (Lipinski definition) is 2. The molecule has 3 heterocycles. The van der Waals surface area contributed by atoms with Gasteiger partial charge in [0.15, 0.2) is 0 Å². The Morgan fingerprint density at radius 2 is 1.96 bits per heavy atom. The number of benzene rings is 2. The van der Waals surface area contributed by atoms with Crippen LogP contribution in [0.5, 0.6) is 5.75 Å². The third-order valence-electron chi connectivity index (χ3n) is 4.84. The molecule has 0 bridgehead atoms. The zero-order chi connectivity index (χ0) is 18.9. The van der Waals surface area contributed by atoms with Crippen LogP contribution in [-0.2, 0) is 0 Å². The smallest absolute Gasteiger partial charge is 0.145 e. The first-order valence-electron chi connectivity index (χ1n) is 9.18. The lowest BCUT2D eigenvalue weighted by molar-refractivity contribution is 0.164. The van der Waals surface area contributed by atoms with Crippen molar-refractivity contribution >= 4 is 59.9 Å². The lowest BCUT2D eigenvalue weighted by Crippen LogP contribution is -2.34. The molecule has 1 aliphatic rings. The summed E-state index contributed by atoms with van der Waals surface area (Å²) in [6, 6.07) is 10.1. The molecule has 0 saturated carbocycles. The first-order chi connectivity index (χ1) is 13.8. The van der Waals surface area contributed by atoms with Crippen LogP contribution in [0.15, 0.2) is 46.6 Å². The van der Waals surface area contributed by atoms with Crippen LogP contribution in [0.4, 0.5) is 11.5 Å². The number of hydrogen-bond acceptors (Lipinski definition) is 7. The summed E-state index contributed by atoms with van der Waals surface area (Å²) in [6.45, 7) is 1.96. The lowest BCUT2D eigenvalue weighted by Gasteiger charge is -2.25. The van der Waals surface area contributed by atoms with Crippen molar-refractivity contribution in [1.82, 2.24) is 20.3 Å². The fraction of sp³-hybridized carbons (Fsp3) is 0.250. The van der Waals surface area contributed by atoms with E-state index in [1.807, 2.05) is 29.8 Å². The second kappa shape index (κ2) is 7.62. The average molecular weight is 456 g/mol. The third kappa shape index (κ3) is 3.55. The van der Waals surface area contributed by atoms with Gasteiger partial charge in [0.25, 0.3) is 0 Å². The van der Waals surface area contributed by atoms with E-state index in [2.05, 4.69) is 47.6 Å². The van der Waals surface area contributed by atoms with Gasteiger partial charge in [-0.05, 0) is 56.3 Å². The summed E-state index contributed by atoms with van der Waals surface area (Å²) in [5.41, 5.74) is 4.67. The normalized spacial score (nSPS) is 15.2. The Balaban J connectivity index is 1.55. The summed E-state index contributed by atoms with van der Waals surface area (Å²) in [6.07, 6.45) is 3.76. The maximum atomic E-state index is 6.39. The number of fused-ring (bicyclic) bond motifs is 2. The standard InChI is InChI=1S/C20H18BrN5OS/c21-12-7-16-19(17(8-12)27-14-3-5-22-6-4-14)20(24-10-23-16)26-13-1-2-15-18(9-13)28-11-25-15/h1-2,7-11,14,22H,3-6H2,(H,23,24,26). The Morgan fingerprint density at radius 1 is 1.07 bits per heavy atom. The van der Waals surface area contributed by atoms with E-state index in [1.54, 1.807) is 17.7 Å². The van der Waals surface area contributed by atoms with Crippen LogP contribution in [0.2, 0.25) is 0 Å². The highest BCUT2D eigenvalue weighted by atomic mass is 79.9. The van der Waals surface area contributed by atoms with Gasteiger partial charge in [-0.3, -0.25) is 0 Å². The van der Waals surface area contributed by atoms with E-state index in [-0.39, 0.29) is 6.10 Å². The molecule has 0 aliphatic carbocycles. The fourth-order valence-corrected chi connectivity index (χ4v) is 4.61. The predicted molar refractivity (Wildman–Crippen MR) is 117 cm³/mol. The van der Waals surface area contributed by atoms with E-state index in [1.165, 1.54) is 0 Å². The van der Waals surface area contributed by atoms with Crippen LogP contribution in [-0.4, -0.2) is 34.1 Å². The highest BCUT2D eigenvalue weighted by Gasteiger charge is 2.18. The predicted octanol–water partition coefficient (Wildman–Crippen LogP) is 4.88. The van der Waals surface area contributed by atoms with Gasteiger partial charge in [0.05, 0.1) is 26.6 Å². The Hall–Kier alpha value is -2.29. The molecule has 2 N–H and O–H groups in total. The molecule has 4 aromatic rings. The molecule has 0 amide bonds. The zero-order valence-electron chi connectivity index (χ0n) is 15.0. The van der Waals surface area contributed by atoms with Crippen molar-refractivity contribution in [2.75, 3.05) is 18.4 Å². The monoisotopic (exact) mass is 455 g/mol. The minimum Gasteiger partial charge on any atom is -0.489 e. The van der Waals surface area contributed by atoms with Crippen molar-refractivity contribution in [2.45, 2.75) is 18.9 Å². The topological polar surface area (TPSA) is 72.0 Å². The molecule has 0 atom stereocenters. The van der Waals surface area contributed by atoms with Crippen LogP contribution in [0.25, 0.3) is 21.1 Å². The van der Waals surface area contributed by atoms with E-state index in [4.69, 9.17) is 4.74 Å². The first kappa shape index (κ1) is 17.8. The highest BCUT2D eigenvalue weighted by Crippen LogP contribution is 2.36. The van der Waals surface area contributed by atoms with Crippen molar-refractivity contribution in [3.8, 4) is 5.75 Å². The molecule has 0 radical (unpaired) electrons. The van der Waals surface area contributed by atoms with Gasteiger partial charge in [-0.25, -0.2) is 15.0 Å². The maximum Gasteiger partial charge on any atom is 0.145 e. The molecule has 142 valence electrons. The van der Waals surface area contributed by atoms with Gasteiger partial charge in [-0.1, -0.05) is 15.9 Å². The van der Waals surface area contributed by atoms with Crippen molar-refractivity contribution in [1.29, 1.82) is 0 Å². The van der Waals surface area contributed by atoms with Gasteiger partial charge in [-0.15, -0.1) is 11.3 Å². The van der Waals surface area contributed by atoms with E-state index in [0.717, 1.165) is 68.8 Å². The molecule has 8 heteroatoms. The highest BCUT2D eigenvalue weighted by molar-refractivity contribution is 9.10. The Labute approximate surface area is 174 Å². The molecule has 1 fully saturated rings. The molecule has 1 aliphatic heterocycles. The van der Waals surface area contributed by atoms with Gasteiger partial charge < -0.3 is 15.4 Å². The molecule has 0 unspecified atom stereocenters. The fourth-order valence-electron chi connectivity index (χ4n) is 3.47. The number of anilines is 2. The van der Waals surface area contributed by atoms with Gasteiger partial charge >= 0.3 is 0 Å². The number of halogens is 1. The minimum absolute atomic E-state index is 0.195. The molecule has 1 saturated heterocycles. The van der Waals surface area contributed by atoms with Crippen molar-refractivity contribution < 1.29 is 4.74 Å². The number of aromatic nitrogens is 3. The summed E-state index contributed by atoms with van der Waals surface area (Å²) in [7, 11) is 0. The summed E-state index contributed by atoms with van der Waals surface area (Å²) >= 11 is 5.21. The van der Waals surface area contributed by atoms with Crippen molar-refractivity contribution in [2.24, 2.45) is 0 Å². The molecule has 28 heavy (non-hydrogen) atoms. The third-order valence-corrected chi connectivity index (χ3v) is 6.09. The number of nitrogens with one attached hydrogen (secondary N) is 2. The zero-order valence-corrected chi connectivity index (χ0v) is 17.4. The van der Waals surface area contributed by atoms with Crippen LogP contribution in [0, 0.1) is 0 Å². The van der Waals surface area contributed by atoms with E-state index in [9.17, 15) is 0 Å². The largest absolute Gasteiger partial charge is 0.489 e. The van der Waals surface area contributed by atoms with Gasteiger partial charge in [0.1, 0.15) is 24.0 Å². The molecule has 2 aromatic carbocycles. The Kier molecular flexibility index (Phi) is 4.84. The molecular formula is C20H18BrN5OS. The second-order valence-electron chi connectivity index (χ2n) is 6.75. The number of rotatable bonds is 4. The maximum absolute atomic E-state index is 6.39. The molecule has 0 spiro atoms. The first-order valence-corrected chi connectivity index (χ1v) is 10.9. The number of nitrogens with zero attached hydrogens (tertiary/aromatic N) is 3. The van der Waals surface area contributed by atoms with E-state index < -0.39 is 0 Å². The van der Waals surface area contributed by atoms with E-state index >= 15 is 0 Å². The van der Waals surface area contributed by atoms with Crippen LogP contribution >= 0.6 is 27.3 Å². The molecule has 5 rings (SSSR count). The average Bonchev–Trinajstić information content (AvgIpc) is 3.16.